The van der Waals surface area contributed by atoms with E-state index in [-0.39, 0.29) is 5.91 Å². The fraction of sp³-hybridized carbons (Fsp3) is 0.167. The molecule has 3 rings (SSSR count). The Balaban J connectivity index is 1.87. The first-order valence-electron chi connectivity index (χ1n) is 7.94. The summed E-state index contributed by atoms with van der Waals surface area (Å²) in [5.41, 5.74) is 0.787. The number of hydrogen-bond donors (Lipinski definition) is 1. The number of nitrogens with zero attached hydrogens (tertiary/aromatic N) is 5. The molecule has 2 aromatic heterocycles. The number of aromatic nitrogens is 4. The van der Waals surface area contributed by atoms with Crippen LogP contribution in [0.15, 0.2) is 36.5 Å². The highest BCUT2D eigenvalue weighted by atomic mass is 35.5. The Kier molecular flexibility index (Phi) is 5.40. The number of halogens is 2. The molecule has 27 heavy (non-hydrogen) atoms. The van der Waals surface area contributed by atoms with E-state index in [9.17, 15) is 4.79 Å². The molecule has 0 aliphatic heterocycles. The summed E-state index contributed by atoms with van der Waals surface area (Å²) < 4.78 is 1.53. The zero-order valence-electron chi connectivity index (χ0n) is 14.4. The summed E-state index contributed by atoms with van der Waals surface area (Å²) in [4.78, 5) is 21.2. The smallest absolute Gasteiger partial charge is 0.251 e. The van der Waals surface area contributed by atoms with E-state index < -0.39 is 6.04 Å². The van der Waals surface area contributed by atoms with Crippen LogP contribution in [0, 0.1) is 18.3 Å². The van der Waals surface area contributed by atoms with Gasteiger partial charge < -0.3 is 5.32 Å². The predicted octanol–water partition coefficient (Wildman–Crippen LogP) is 3.64. The number of benzene rings is 1. The van der Waals surface area contributed by atoms with Crippen molar-refractivity contribution in [1.29, 1.82) is 5.26 Å². The number of aryl methyl sites for hydroxylation is 1. The topological polar surface area (TPSA) is 96.5 Å². The van der Waals surface area contributed by atoms with Crippen molar-refractivity contribution < 1.29 is 4.79 Å². The molecule has 0 spiro atoms. The molecule has 0 radical (unpaired) electrons. The number of rotatable bonds is 4. The van der Waals surface area contributed by atoms with E-state index in [4.69, 9.17) is 28.5 Å². The molecule has 0 aliphatic carbocycles. The van der Waals surface area contributed by atoms with Crippen LogP contribution >= 0.6 is 23.2 Å². The second-order valence-corrected chi connectivity index (χ2v) is 6.67. The van der Waals surface area contributed by atoms with E-state index in [0.29, 0.717) is 38.6 Å². The van der Waals surface area contributed by atoms with Gasteiger partial charge in [0.2, 0.25) is 0 Å². The third kappa shape index (κ3) is 4.25. The number of carbonyl (C=O) groups is 1. The standard InChI is InChI=1S/C18H14Cl2N6O/c1-10(23-18(27)13-5-14(19)7-15(20)6-13)17-24-11(2)25-26(17)16-4-3-12(8-21)9-22-16/h3-7,9-10H,1-2H3,(H,23,27)/t10-/m0/s1. The summed E-state index contributed by atoms with van der Waals surface area (Å²) in [6, 6.07) is 9.48. The van der Waals surface area contributed by atoms with Crippen LogP contribution in [0.3, 0.4) is 0 Å². The van der Waals surface area contributed by atoms with E-state index in [1.165, 1.54) is 23.0 Å². The van der Waals surface area contributed by atoms with Crippen molar-refractivity contribution in [3.8, 4) is 11.9 Å². The summed E-state index contributed by atoms with van der Waals surface area (Å²) in [7, 11) is 0. The lowest BCUT2D eigenvalue weighted by molar-refractivity contribution is 0.0938. The number of nitriles is 1. The fourth-order valence-electron chi connectivity index (χ4n) is 2.49. The van der Waals surface area contributed by atoms with Crippen LogP contribution in [0.1, 0.15) is 40.5 Å². The van der Waals surface area contributed by atoms with Gasteiger partial charge in [-0.25, -0.2) is 9.97 Å². The number of amides is 1. The molecule has 0 aliphatic rings. The summed E-state index contributed by atoms with van der Waals surface area (Å²) in [5, 5.41) is 16.8. The molecule has 0 saturated carbocycles. The number of carbonyl (C=O) groups excluding carboxylic acids is 1. The highest BCUT2D eigenvalue weighted by Gasteiger charge is 2.20. The quantitative estimate of drug-likeness (QED) is 0.720. The lowest BCUT2D eigenvalue weighted by Gasteiger charge is -2.14. The van der Waals surface area contributed by atoms with Crippen LogP contribution in [0.4, 0.5) is 0 Å². The van der Waals surface area contributed by atoms with Crippen molar-refractivity contribution in [1.82, 2.24) is 25.1 Å². The number of nitrogens with one attached hydrogen (secondary N) is 1. The highest BCUT2D eigenvalue weighted by Crippen LogP contribution is 2.20. The maximum Gasteiger partial charge on any atom is 0.251 e. The highest BCUT2D eigenvalue weighted by molar-refractivity contribution is 6.35. The van der Waals surface area contributed by atoms with Crippen LogP contribution in [-0.2, 0) is 0 Å². The molecule has 1 N–H and O–H groups in total. The Morgan fingerprint density at radius 1 is 1.26 bits per heavy atom. The lowest BCUT2D eigenvalue weighted by Crippen LogP contribution is -2.28. The fourth-order valence-corrected chi connectivity index (χ4v) is 3.01. The van der Waals surface area contributed by atoms with E-state index in [1.807, 2.05) is 6.07 Å². The molecular formula is C18H14Cl2N6O. The molecule has 2 heterocycles. The zero-order valence-corrected chi connectivity index (χ0v) is 16.0. The van der Waals surface area contributed by atoms with Gasteiger partial charge in [-0.15, -0.1) is 5.10 Å². The van der Waals surface area contributed by atoms with Crippen molar-refractivity contribution in [3.63, 3.8) is 0 Å². The van der Waals surface area contributed by atoms with Gasteiger partial charge in [-0.1, -0.05) is 23.2 Å². The summed E-state index contributed by atoms with van der Waals surface area (Å²) in [5.74, 6) is 1.19. The van der Waals surface area contributed by atoms with Crippen molar-refractivity contribution in [2.45, 2.75) is 19.9 Å². The first-order valence-corrected chi connectivity index (χ1v) is 8.70. The molecule has 9 heteroatoms. The monoisotopic (exact) mass is 400 g/mol. The molecule has 0 fully saturated rings. The Bertz CT molecular complexity index is 1020. The molecule has 3 aromatic rings. The molecule has 0 saturated heterocycles. The number of pyridine rings is 1. The molecular weight excluding hydrogens is 387 g/mol. The molecule has 0 bridgehead atoms. The third-order valence-electron chi connectivity index (χ3n) is 3.69. The van der Waals surface area contributed by atoms with Gasteiger partial charge in [0.1, 0.15) is 11.9 Å². The van der Waals surface area contributed by atoms with Crippen LogP contribution in [0.25, 0.3) is 5.82 Å². The van der Waals surface area contributed by atoms with Gasteiger partial charge in [-0.2, -0.15) is 9.94 Å². The molecule has 1 aromatic carbocycles. The minimum atomic E-state index is -0.464. The molecule has 7 nitrogen and oxygen atoms in total. The maximum absolute atomic E-state index is 12.5. The lowest BCUT2D eigenvalue weighted by atomic mass is 10.2. The Hall–Kier alpha value is -2.95. The van der Waals surface area contributed by atoms with E-state index in [0.717, 1.165) is 0 Å². The van der Waals surface area contributed by atoms with Crippen LogP contribution < -0.4 is 5.32 Å². The van der Waals surface area contributed by atoms with Gasteiger partial charge in [-0.3, -0.25) is 4.79 Å². The van der Waals surface area contributed by atoms with Crippen LogP contribution in [0.2, 0.25) is 10.0 Å². The van der Waals surface area contributed by atoms with Gasteiger partial charge in [0.15, 0.2) is 11.6 Å². The Morgan fingerprint density at radius 2 is 1.96 bits per heavy atom. The first kappa shape index (κ1) is 18.8. The average molecular weight is 401 g/mol. The van der Waals surface area contributed by atoms with E-state index >= 15 is 0 Å². The maximum atomic E-state index is 12.5. The van der Waals surface area contributed by atoms with Gasteiger partial charge >= 0.3 is 0 Å². The van der Waals surface area contributed by atoms with Crippen molar-refractivity contribution in [2.75, 3.05) is 0 Å². The second-order valence-electron chi connectivity index (χ2n) is 5.80. The first-order chi connectivity index (χ1) is 12.9. The summed E-state index contributed by atoms with van der Waals surface area (Å²) in [6.07, 6.45) is 1.45. The van der Waals surface area contributed by atoms with Gasteiger partial charge in [0, 0.05) is 21.8 Å². The largest absolute Gasteiger partial charge is 0.342 e. The molecule has 136 valence electrons. The summed E-state index contributed by atoms with van der Waals surface area (Å²) >= 11 is 11.9. The molecule has 1 amide bonds. The van der Waals surface area contributed by atoms with E-state index in [1.54, 1.807) is 32.0 Å². The van der Waals surface area contributed by atoms with Crippen molar-refractivity contribution in [2.24, 2.45) is 0 Å². The average Bonchev–Trinajstić information content (AvgIpc) is 3.03. The predicted molar refractivity (Wildman–Crippen MR) is 101 cm³/mol. The third-order valence-corrected chi connectivity index (χ3v) is 4.13. The van der Waals surface area contributed by atoms with Gasteiger partial charge in [0.25, 0.3) is 5.91 Å². The SMILES string of the molecule is Cc1nc([C@H](C)NC(=O)c2cc(Cl)cc(Cl)c2)n(-c2ccc(C#N)cn2)n1. The number of hydrogen-bond acceptors (Lipinski definition) is 5. The van der Waals surface area contributed by atoms with Gasteiger partial charge in [0.05, 0.1) is 11.6 Å². The van der Waals surface area contributed by atoms with E-state index in [2.05, 4.69) is 20.4 Å². The minimum Gasteiger partial charge on any atom is -0.342 e. The molecule has 1 atom stereocenters. The molecule has 0 unspecified atom stereocenters. The minimum absolute atomic E-state index is 0.341. The summed E-state index contributed by atoms with van der Waals surface area (Å²) in [6.45, 7) is 3.53. The van der Waals surface area contributed by atoms with Crippen molar-refractivity contribution in [3.05, 3.63) is 69.3 Å². The Labute approximate surface area is 165 Å². The zero-order chi connectivity index (χ0) is 19.6. The van der Waals surface area contributed by atoms with Crippen molar-refractivity contribution >= 4 is 29.1 Å². The second kappa shape index (κ2) is 7.74. The Morgan fingerprint density at radius 3 is 2.56 bits per heavy atom. The normalized spacial score (nSPS) is 11.7. The van der Waals surface area contributed by atoms with Gasteiger partial charge in [-0.05, 0) is 44.2 Å². The van der Waals surface area contributed by atoms with Crippen LogP contribution in [-0.4, -0.2) is 25.7 Å². The van der Waals surface area contributed by atoms with Crippen LogP contribution in [0.5, 0.6) is 0 Å².